The predicted molar refractivity (Wildman–Crippen MR) is 101 cm³/mol. The van der Waals surface area contributed by atoms with E-state index >= 15 is 4.39 Å². The van der Waals surface area contributed by atoms with Gasteiger partial charge in [0.25, 0.3) is 11.8 Å². The van der Waals surface area contributed by atoms with Crippen LogP contribution in [0.1, 0.15) is 21.7 Å². The lowest BCUT2D eigenvalue weighted by molar-refractivity contribution is -0.00247. The van der Waals surface area contributed by atoms with E-state index in [1.54, 1.807) is 0 Å². The Kier molecular flexibility index (Phi) is 4.96. The Morgan fingerprint density at radius 2 is 2.03 bits per heavy atom. The van der Waals surface area contributed by atoms with E-state index in [2.05, 4.69) is 10.6 Å². The molecule has 152 valence electrons. The molecule has 29 heavy (non-hydrogen) atoms. The van der Waals surface area contributed by atoms with Crippen LogP contribution in [0.25, 0.3) is 11.0 Å². The zero-order valence-electron chi connectivity index (χ0n) is 15.6. The van der Waals surface area contributed by atoms with Crippen molar-refractivity contribution in [3.05, 3.63) is 65.2 Å². The monoisotopic (exact) mass is 404 g/mol. The molecule has 3 aromatic rings. The first-order valence-corrected chi connectivity index (χ1v) is 9.14. The maximum absolute atomic E-state index is 15.1. The molecule has 1 aliphatic heterocycles. The van der Waals surface area contributed by atoms with Crippen LogP contribution in [0.2, 0.25) is 0 Å². The fourth-order valence-electron chi connectivity index (χ4n) is 3.41. The highest BCUT2D eigenvalue weighted by molar-refractivity contribution is 6.08. The van der Waals surface area contributed by atoms with Gasteiger partial charge in [0.05, 0.1) is 17.5 Å². The van der Waals surface area contributed by atoms with Crippen molar-refractivity contribution in [1.82, 2.24) is 10.6 Å². The number of aryl methyl sites for hydroxylation is 1. The van der Waals surface area contributed by atoms with Crippen molar-refractivity contribution in [2.24, 2.45) is 0 Å². The molecule has 0 radical (unpaired) electrons. The Bertz CT molecular complexity index is 1050. The minimum Gasteiger partial charge on any atom is -0.486 e. The van der Waals surface area contributed by atoms with Gasteiger partial charge in [0, 0.05) is 6.54 Å². The molecule has 0 aliphatic carbocycles. The molecule has 0 saturated carbocycles. The minimum atomic E-state index is -3.08. The van der Waals surface area contributed by atoms with Gasteiger partial charge in [-0.1, -0.05) is 30.3 Å². The molecule has 2 aromatic carbocycles. The van der Waals surface area contributed by atoms with Crippen molar-refractivity contribution >= 4 is 16.9 Å². The van der Waals surface area contributed by atoms with Crippen LogP contribution >= 0.6 is 0 Å². The smallest absolute Gasteiger partial charge is 0.281 e. The Morgan fingerprint density at radius 3 is 2.72 bits per heavy atom. The number of carbonyl (C=O) groups is 1. The van der Waals surface area contributed by atoms with Crippen LogP contribution in [0.3, 0.4) is 0 Å². The highest BCUT2D eigenvalue weighted by Gasteiger charge is 2.45. The average Bonchev–Trinajstić information content (AvgIpc) is 3.20. The SMILES string of the molecule is Cc1oc2ccc(OCc3ccccc3)c(F)c2c1C(=O)NC1CNCC1(F)F. The second kappa shape index (κ2) is 7.44. The minimum absolute atomic E-state index is 0.0518. The number of rotatable bonds is 5. The van der Waals surface area contributed by atoms with E-state index < -0.39 is 30.2 Å². The molecule has 1 fully saturated rings. The zero-order chi connectivity index (χ0) is 20.6. The summed E-state index contributed by atoms with van der Waals surface area (Å²) in [4.78, 5) is 12.7. The van der Waals surface area contributed by atoms with Crippen molar-refractivity contribution < 1.29 is 27.1 Å². The summed E-state index contributed by atoms with van der Waals surface area (Å²) in [5.74, 6) is -4.56. The molecule has 1 aromatic heterocycles. The van der Waals surface area contributed by atoms with Crippen LogP contribution in [0, 0.1) is 12.7 Å². The van der Waals surface area contributed by atoms with Crippen molar-refractivity contribution in [2.45, 2.75) is 25.5 Å². The molecule has 1 saturated heterocycles. The number of benzene rings is 2. The second-order valence-electron chi connectivity index (χ2n) is 6.98. The number of amides is 1. The molecule has 4 rings (SSSR count). The normalized spacial score (nSPS) is 18.1. The number of nitrogens with one attached hydrogen (secondary N) is 2. The predicted octanol–water partition coefficient (Wildman–Crippen LogP) is 3.80. The summed E-state index contributed by atoms with van der Waals surface area (Å²) in [5.41, 5.74) is 0.892. The molecule has 2 N–H and O–H groups in total. The number of furan rings is 1. The van der Waals surface area contributed by atoms with Crippen LogP contribution in [0.15, 0.2) is 46.9 Å². The van der Waals surface area contributed by atoms with Crippen molar-refractivity contribution in [3.63, 3.8) is 0 Å². The van der Waals surface area contributed by atoms with Crippen LogP contribution in [0.5, 0.6) is 5.75 Å². The number of ether oxygens (including phenoxy) is 1. The number of hydrogen-bond donors (Lipinski definition) is 2. The summed E-state index contributed by atoms with van der Waals surface area (Å²) in [6.07, 6.45) is 0. The fraction of sp³-hybridized carbons (Fsp3) is 0.286. The quantitative estimate of drug-likeness (QED) is 0.679. The lowest BCUT2D eigenvalue weighted by atomic mass is 10.1. The highest BCUT2D eigenvalue weighted by Crippen LogP contribution is 2.34. The van der Waals surface area contributed by atoms with E-state index in [0.29, 0.717) is 0 Å². The van der Waals surface area contributed by atoms with Gasteiger partial charge in [0.2, 0.25) is 0 Å². The van der Waals surface area contributed by atoms with E-state index in [-0.39, 0.29) is 41.2 Å². The largest absolute Gasteiger partial charge is 0.486 e. The lowest BCUT2D eigenvalue weighted by Gasteiger charge is -2.19. The van der Waals surface area contributed by atoms with E-state index in [9.17, 15) is 13.6 Å². The molecule has 1 atom stereocenters. The molecule has 2 heterocycles. The van der Waals surface area contributed by atoms with Gasteiger partial charge in [-0.25, -0.2) is 13.2 Å². The van der Waals surface area contributed by atoms with Crippen LogP contribution in [0.4, 0.5) is 13.2 Å². The van der Waals surface area contributed by atoms with Gasteiger partial charge in [-0.2, -0.15) is 0 Å². The van der Waals surface area contributed by atoms with Crippen LogP contribution in [-0.4, -0.2) is 31.0 Å². The van der Waals surface area contributed by atoms with Crippen molar-refractivity contribution in [2.75, 3.05) is 13.1 Å². The summed E-state index contributed by atoms with van der Waals surface area (Å²) < 4.78 is 53.9. The Morgan fingerprint density at radius 1 is 1.28 bits per heavy atom. The average molecular weight is 404 g/mol. The molecule has 8 heteroatoms. The molecule has 0 bridgehead atoms. The standard InChI is InChI=1S/C21H19F3N2O3/c1-12-17(20(27)26-16-9-25-11-21(16,23)24)18-14(29-12)7-8-15(19(18)22)28-10-13-5-3-2-4-6-13/h2-8,16,25H,9-11H2,1H3,(H,26,27). The molecule has 1 amide bonds. The van der Waals surface area contributed by atoms with Crippen molar-refractivity contribution in [3.8, 4) is 5.75 Å². The topological polar surface area (TPSA) is 63.5 Å². The Labute approximate surface area is 164 Å². The molecule has 1 unspecified atom stereocenters. The van der Waals surface area contributed by atoms with E-state index in [1.807, 2.05) is 30.3 Å². The second-order valence-corrected chi connectivity index (χ2v) is 6.98. The van der Waals surface area contributed by atoms with Crippen LogP contribution < -0.4 is 15.4 Å². The van der Waals surface area contributed by atoms with Crippen LogP contribution in [-0.2, 0) is 6.61 Å². The first-order chi connectivity index (χ1) is 13.9. The van der Waals surface area contributed by atoms with Gasteiger partial charge < -0.3 is 19.8 Å². The fourth-order valence-corrected chi connectivity index (χ4v) is 3.41. The summed E-state index contributed by atoms with van der Waals surface area (Å²) in [5, 5.41) is 4.74. The van der Waals surface area contributed by atoms with E-state index in [4.69, 9.17) is 9.15 Å². The summed E-state index contributed by atoms with van der Waals surface area (Å²) in [6.45, 7) is 1.04. The lowest BCUT2D eigenvalue weighted by Crippen LogP contribution is -2.46. The number of hydrogen-bond acceptors (Lipinski definition) is 4. The first kappa shape index (κ1) is 19.3. The summed E-state index contributed by atoms with van der Waals surface area (Å²) in [6, 6.07) is 10.8. The maximum atomic E-state index is 15.1. The van der Waals surface area contributed by atoms with E-state index in [0.717, 1.165) is 5.56 Å². The van der Waals surface area contributed by atoms with Gasteiger partial charge in [0.15, 0.2) is 11.6 Å². The maximum Gasteiger partial charge on any atom is 0.281 e. The number of halogens is 3. The molecule has 0 spiro atoms. The molecular weight excluding hydrogens is 385 g/mol. The third kappa shape index (κ3) is 3.67. The molecule has 5 nitrogen and oxygen atoms in total. The Balaban J connectivity index is 1.63. The number of carbonyl (C=O) groups excluding carboxylic acids is 1. The highest BCUT2D eigenvalue weighted by atomic mass is 19.3. The van der Waals surface area contributed by atoms with Gasteiger partial charge in [-0.15, -0.1) is 0 Å². The third-order valence-electron chi connectivity index (χ3n) is 4.92. The number of fused-ring (bicyclic) bond motifs is 1. The van der Waals surface area contributed by atoms with Gasteiger partial charge in [-0.3, -0.25) is 4.79 Å². The van der Waals surface area contributed by atoms with E-state index in [1.165, 1.54) is 19.1 Å². The van der Waals surface area contributed by atoms with Crippen molar-refractivity contribution in [1.29, 1.82) is 0 Å². The first-order valence-electron chi connectivity index (χ1n) is 9.14. The summed E-state index contributed by atoms with van der Waals surface area (Å²) >= 11 is 0. The van der Waals surface area contributed by atoms with Gasteiger partial charge in [-0.05, 0) is 24.6 Å². The third-order valence-corrected chi connectivity index (χ3v) is 4.92. The van der Waals surface area contributed by atoms with Gasteiger partial charge in [0.1, 0.15) is 24.0 Å². The molecular formula is C21H19F3N2O3. The Hall–Kier alpha value is -3.00. The summed E-state index contributed by atoms with van der Waals surface area (Å²) in [7, 11) is 0. The molecule has 1 aliphatic rings. The van der Waals surface area contributed by atoms with Gasteiger partial charge >= 0.3 is 0 Å². The number of alkyl halides is 2. The zero-order valence-corrected chi connectivity index (χ0v) is 15.6.